The first-order chi connectivity index (χ1) is 8.10. The number of alkyl halides is 1. The Labute approximate surface area is 116 Å². The van der Waals surface area contributed by atoms with Crippen molar-refractivity contribution < 1.29 is 0 Å². The minimum Gasteiger partial charge on any atom is -0.368 e. The maximum atomic E-state index is 8.71. The van der Waals surface area contributed by atoms with Crippen LogP contribution in [0.15, 0.2) is 22.7 Å². The van der Waals surface area contributed by atoms with E-state index in [1.165, 1.54) is 0 Å². The van der Waals surface area contributed by atoms with Gasteiger partial charge in [-0.15, -0.1) is 11.6 Å². The Hall–Kier alpha value is -0.720. The number of halogens is 2. The van der Waals surface area contributed by atoms with Gasteiger partial charge in [-0.2, -0.15) is 5.26 Å². The lowest BCUT2D eigenvalue weighted by Gasteiger charge is -2.30. The minimum absolute atomic E-state index is 0.347. The molecule has 0 radical (unpaired) electrons. The lowest BCUT2D eigenvalue weighted by Crippen LogP contribution is -2.32. The predicted molar refractivity (Wildman–Crippen MR) is 76.4 cm³/mol. The van der Waals surface area contributed by atoms with E-state index in [4.69, 9.17) is 16.9 Å². The van der Waals surface area contributed by atoms with E-state index in [2.05, 4.69) is 46.8 Å². The molecule has 2 nitrogen and oxygen atoms in total. The van der Waals surface area contributed by atoms with Crippen molar-refractivity contribution >= 4 is 33.2 Å². The largest absolute Gasteiger partial charge is 0.368 e. The van der Waals surface area contributed by atoms with Gasteiger partial charge in [0.15, 0.2) is 0 Å². The number of rotatable bonds is 5. The molecule has 0 spiro atoms. The second-order valence-electron chi connectivity index (χ2n) is 4.10. The molecule has 0 atom stereocenters. The van der Waals surface area contributed by atoms with Crippen LogP contribution < -0.4 is 4.90 Å². The Kier molecular flexibility index (Phi) is 5.80. The van der Waals surface area contributed by atoms with Gasteiger partial charge in [0, 0.05) is 28.6 Å². The van der Waals surface area contributed by atoms with Crippen LogP contribution in [0.25, 0.3) is 0 Å². The Morgan fingerprint density at radius 2 is 2.18 bits per heavy atom. The Morgan fingerprint density at radius 3 is 2.71 bits per heavy atom. The number of nitriles is 1. The fourth-order valence-electron chi connectivity index (χ4n) is 1.74. The van der Waals surface area contributed by atoms with Gasteiger partial charge in [0.05, 0.1) is 12.5 Å². The number of hydrogen-bond donors (Lipinski definition) is 0. The molecule has 0 N–H and O–H groups in total. The molecule has 0 saturated heterocycles. The smallest absolute Gasteiger partial charge is 0.0640 e. The van der Waals surface area contributed by atoms with Crippen LogP contribution in [-0.2, 0) is 5.88 Å². The Bertz CT molecular complexity index is 412. The molecule has 0 unspecified atom stereocenters. The molecule has 1 aromatic rings. The summed E-state index contributed by atoms with van der Waals surface area (Å²) < 4.78 is 1.03. The lowest BCUT2D eigenvalue weighted by atomic mass is 10.1. The summed E-state index contributed by atoms with van der Waals surface area (Å²) in [5.41, 5.74) is 2.21. The van der Waals surface area contributed by atoms with Gasteiger partial charge in [0.25, 0.3) is 0 Å². The average molecular weight is 316 g/mol. The van der Waals surface area contributed by atoms with Gasteiger partial charge in [-0.3, -0.25) is 0 Å². The molecule has 0 bridgehead atoms. The van der Waals surface area contributed by atoms with Gasteiger partial charge in [0.1, 0.15) is 0 Å². The molecule has 0 saturated carbocycles. The summed E-state index contributed by atoms with van der Waals surface area (Å²) >= 11 is 9.44. The zero-order valence-electron chi connectivity index (χ0n) is 10.1. The highest BCUT2D eigenvalue weighted by atomic mass is 79.9. The summed E-state index contributed by atoms with van der Waals surface area (Å²) in [5, 5.41) is 8.71. The topological polar surface area (TPSA) is 27.0 Å². The molecule has 0 aliphatic carbocycles. The molecule has 92 valence electrons. The highest BCUT2D eigenvalue weighted by Crippen LogP contribution is 2.28. The first-order valence-corrected chi connectivity index (χ1v) is 6.91. The van der Waals surface area contributed by atoms with Crippen molar-refractivity contribution in [1.82, 2.24) is 0 Å². The monoisotopic (exact) mass is 314 g/mol. The number of benzene rings is 1. The summed E-state index contributed by atoms with van der Waals surface area (Å²) in [6.45, 7) is 4.97. The molecule has 0 aliphatic rings. The van der Waals surface area contributed by atoms with Crippen LogP contribution in [0.5, 0.6) is 0 Å². The van der Waals surface area contributed by atoms with Crippen molar-refractivity contribution in [1.29, 1.82) is 5.26 Å². The quantitative estimate of drug-likeness (QED) is 0.757. The van der Waals surface area contributed by atoms with Crippen LogP contribution >= 0.6 is 27.5 Å². The van der Waals surface area contributed by atoms with E-state index in [9.17, 15) is 0 Å². The molecule has 4 heteroatoms. The van der Waals surface area contributed by atoms with Gasteiger partial charge in [-0.25, -0.2) is 0 Å². The molecule has 0 amide bonds. The first kappa shape index (κ1) is 14.3. The zero-order valence-corrected chi connectivity index (χ0v) is 12.4. The Balaban J connectivity index is 3.08. The van der Waals surface area contributed by atoms with Crippen LogP contribution in [0, 0.1) is 11.3 Å². The molecular weight excluding hydrogens is 300 g/mol. The molecule has 0 fully saturated rings. The van der Waals surface area contributed by atoms with Crippen molar-refractivity contribution in [3.05, 3.63) is 28.2 Å². The molecule has 0 heterocycles. The third-order valence-corrected chi connectivity index (χ3v) is 3.37. The maximum absolute atomic E-state index is 8.71. The SMILES string of the molecule is CC(C)N(CCC#N)c1cc(Br)ccc1CCl. The molecular formula is C13H16BrClN2. The van der Waals surface area contributed by atoms with E-state index in [-0.39, 0.29) is 0 Å². The highest BCUT2D eigenvalue weighted by Gasteiger charge is 2.14. The van der Waals surface area contributed by atoms with Gasteiger partial charge in [-0.05, 0) is 31.5 Å². The number of anilines is 1. The fraction of sp³-hybridized carbons (Fsp3) is 0.462. The van der Waals surface area contributed by atoms with Crippen molar-refractivity contribution in [2.45, 2.75) is 32.2 Å². The summed E-state index contributed by atoms with van der Waals surface area (Å²) in [6.07, 6.45) is 0.520. The summed E-state index contributed by atoms with van der Waals surface area (Å²) in [5.74, 6) is 0.485. The van der Waals surface area contributed by atoms with Crippen molar-refractivity contribution in [3.8, 4) is 6.07 Å². The second-order valence-corrected chi connectivity index (χ2v) is 5.28. The van der Waals surface area contributed by atoms with E-state index in [0.29, 0.717) is 18.3 Å². The first-order valence-electron chi connectivity index (χ1n) is 5.58. The molecule has 1 aromatic carbocycles. The summed E-state index contributed by atoms with van der Waals surface area (Å²) in [6, 6.07) is 8.61. The highest BCUT2D eigenvalue weighted by molar-refractivity contribution is 9.10. The lowest BCUT2D eigenvalue weighted by molar-refractivity contribution is 0.684. The molecule has 0 aromatic heterocycles. The molecule has 0 aliphatic heterocycles. The van der Waals surface area contributed by atoms with Crippen LogP contribution in [0.1, 0.15) is 25.8 Å². The van der Waals surface area contributed by atoms with Crippen LogP contribution in [-0.4, -0.2) is 12.6 Å². The van der Waals surface area contributed by atoms with Crippen LogP contribution in [0.3, 0.4) is 0 Å². The van der Waals surface area contributed by atoms with Crippen molar-refractivity contribution in [2.75, 3.05) is 11.4 Å². The predicted octanol–water partition coefficient (Wildman–Crippen LogP) is 4.32. The second kappa shape index (κ2) is 6.88. The Morgan fingerprint density at radius 1 is 1.47 bits per heavy atom. The van der Waals surface area contributed by atoms with E-state index < -0.39 is 0 Å². The normalized spacial score (nSPS) is 10.4. The van der Waals surface area contributed by atoms with E-state index in [1.54, 1.807) is 0 Å². The molecule has 1 rings (SSSR count). The third-order valence-electron chi connectivity index (χ3n) is 2.59. The van der Waals surface area contributed by atoms with E-state index >= 15 is 0 Å². The van der Waals surface area contributed by atoms with Crippen molar-refractivity contribution in [3.63, 3.8) is 0 Å². The van der Waals surface area contributed by atoms with Crippen molar-refractivity contribution in [2.24, 2.45) is 0 Å². The molecule has 17 heavy (non-hydrogen) atoms. The summed E-state index contributed by atoms with van der Waals surface area (Å²) in [4.78, 5) is 2.21. The fourth-order valence-corrected chi connectivity index (χ4v) is 2.32. The van der Waals surface area contributed by atoms with Gasteiger partial charge in [-0.1, -0.05) is 22.0 Å². The zero-order chi connectivity index (χ0) is 12.8. The maximum Gasteiger partial charge on any atom is 0.0640 e. The van der Waals surface area contributed by atoms with Gasteiger partial charge in [0.2, 0.25) is 0 Å². The number of hydrogen-bond acceptors (Lipinski definition) is 2. The van der Waals surface area contributed by atoms with E-state index in [1.807, 2.05) is 12.1 Å². The standard InChI is InChI=1S/C13H16BrClN2/c1-10(2)17(7-3-6-16)13-8-12(14)5-4-11(13)9-15/h4-5,8,10H,3,7,9H2,1-2H3. The summed E-state index contributed by atoms with van der Waals surface area (Å²) in [7, 11) is 0. The van der Waals surface area contributed by atoms with Crippen LogP contribution in [0.4, 0.5) is 5.69 Å². The van der Waals surface area contributed by atoms with Gasteiger partial charge < -0.3 is 4.90 Å². The van der Waals surface area contributed by atoms with Crippen LogP contribution in [0.2, 0.25) is 0 Å². The minimum atomic E-state index is 0.347. The third kappa shape index (κ3) is 3.90. The van der Waals surface area contributed by atoms with Gasteiger partial charge >= 0.3 is 0 Å². The number of nitrogens with zero attached hydrogens (tertiary/aromatic N) is 2. The van der Waals surface area contributed by atoms with E-state index in [0.717, 1.165) is 22.3 Å². The average Bonchev–Trinajstić information content (AvgIpc) is 2.29.